The summed E-state index contributed by atoms with van der Waals surface area (Å²) >= 11 is 1.21. The molecule has 108 valence electrons. The zero-order chi connectivity index (χ0) is 13.7. The third-order valence-electron chi connectivity index (χ3n) is 3.65. The lowest BCUT2D eigenvalue weighted by atomic mass is 9.98. The largest absolute Gasteiger partial charge is 0.341 e. The molecule has 2 N–H and O–H groups in total. The van der Waals surface area contributed by atoms with Crippen LogP contribution in [0.4, 0.5) is 4.79 Å². The van der Waals surface area contributed by atoms with E-state index in [0.717, 1.165) is 32.6 Å². The third-order valence-corrected chi connectivity index (χ3v) is 4.53. The van der Waals surface area contributed by atoms with E-state index < -0.39 is 0 Å². The number of nitrogens with zero attached hydrogens (tertiary/aromatic N) is 1. The average molecular weight is 285 g/mol. The van der Waals surface area contributed by atoms with E-state index >= 15 is 0 Å². The minimum Gasteiger partial charge on any atom is -0.341 e. The first-order valence-electron chi connectivity index (χ1n) is 7.13. The van der Waals surface area contributed by atoms with E-state index in [9.17, 15) is 9.59 Å². The molecule has 0 aliphatic carbocycles. The first-order valence-corrected chi connectivity index (χ1v) is 8.12. The molecule has 6 heteroatoms. The summed E-state index contributed by atoms with van der Waals surface area (Å²) in [4.78, 5) is 25.6. The Kier molecular flexibility index (Phi) is 5.51. The monoisotopic (exact) mass is 285 g/mol. The Hall–Kier alpha value is -0.750. The van der Waals surface area contributed by atoms with Crippen LogP contribution in [0, 0.1) is 5.92 Å². The highest BCUT2D eigenvalue weighted by Crippen LogP contribution is 2.17. The van der Waals surface area contributed by atoms with E-state index in [4.69, 9.17) is 0 Å². The Labute approximate surface area is 118 Å². The fourth-order valence-corrected chi connectivity index (χ4v) is 3.46. The van der Waals surface area contributed by atoms with Gasteiger partial charge < -0.3 is 15.5 Å². The van der Waals surface area contributed by atoms with Crippen LogP contribution in [0.5, 0.6) is 0 Å². The minimum atomic E-state index is -0.319. The molecule has 0 bridgehead atoms. The fourth-order valence-electron chi connectivity index (χ4n) is 2.69. The van der Waals surface area contributed by atoms with E-state index in [2.05, 4.69) is 17.6 Å². The Bertz CT molecular complexity index is 332. The molecule has 2 aliphatic heterocycles. The van der Waals surface area contributed by atoms with Gasteiger partial charge in [-0.05, 0) is 38.3 Å². The number of hydrogen-bond acceptors (Lipinski definition) is 4. The minimum absolute atomic E-state index is 0.0749. The van der Waals surface area contributed by atoms with Crippen molar-refractivity contribution in [2.24, 2.45) is 5.92 Å². The molecule has 0 saturated carbocycles. The van der Waals surface area contributed by atoms with Gasteiger partial charge in [0.15, 0.2) is 0 Å². The summed E-state index contributed by atoms with van der Waals surface area (Å²) in [5.41, 5.74) is 0. The van der Waals surface area contributed by atoms with Crippen LogP contribution < -0.4 is 10.6 Å². The van der Waals surface area contributed by atoms with Crippen LogP contribution in [0.2, 0.25) is 0 Å². The SMILES string of the molecule is CCCN(CC1CCCNC1)C(=O)C1CSC(=O)N1. The second kappa shape index (κ2) is 7.14. The Morgan fingerprint density at radius 2 is 2.37 bits per heavy atom. The van der Waals surface area contributed by atoms with Crippen LogP contribution in [-0.2, 0) is 4.79 Å². The van der Waals surface area contributed by atoms with Crippen LogP contribution in [0.3, 0.4) is 0 Å². The van der Waals surface area contributed by atoms with Gasteiger partial charge in [0.05, 0.1) is 0 Å². The van der Waals surface area contributed by atoms with Gasteiger partial charge in [-0.25, -0.2) is 0 Å². The normalized spacial score (nSPS) is 27.1. The molecule has 2 heterocycles. The van der Waals surface area contributed by atoms with Crippen molar-refractivity contribution in [3.05, 3.63) is 0 Å². The number of rotatable bonds is 5. The predicted octanol–water partition coefficient (Wildman–Crippen LogP) is 1.05. The molecular formula is C13H23N3O2S. The molecule has 2 rings (SSSR count). The van der Waals surface area contributed by atoms with Gasteiger partial charge >= 0.3 is 0 Å². The molecule has 2 unspecified atom stereocenters. The van der Waals surface area contributed by atoms with Gasteiger partial charge in [0.25, 0.3) is 5.24 Å². The summed E-state index contributed by atoms with van der Waals surface area (Å²) in [6.45, 7) is 5.78. The van der Waals surface area contributed by atoms with Crippen LogP contribution in [-0.4, -0.2) is 54.0 Å². The van der Waals surface area contributed by atoms with Crippen LogP contribution in [0.1, 0.15) is 26.2 Å². The molecule has 0 aromatic carbocycles. The number of hydrogen-bond donors (Lipinski definition) is 2. The summed E-state index contributed by atoms with van der Waals surface area (Å²) in [6, 6.07) is -0.319. The Balaban J connectivity index is 1.90. The maximum Gasteiger partial charge on any atom is 0.279 e. The Morgan fingerprint density at radius 3 is 2.95 bits per heavy atom. The number of carbonyl (C=O) groups is 2. The van der Waals surface area contributed by atoms with Gasteiger partial charge in [0.2, 0.25) is 5.91 Å². The first kappa shape index (κ1) is 14.7. The van der Waals surface area contributed by atoms with Crippen molar-refractivity contribution in [2.75, 3.05) is 31.9 Å². The number of nitrogens with one attached hydrogen (secondary N) is 2. The van der Waals surface area contributed by atoms with Crippen molar-refractivity contribution in [2.45, 2.75) is 32.2 Å². The number of amides is 2. The van der Waals surface area contributed by atoms with E-state index in [1.807, 2.05) is 4.90 Å². The molecule has 0 aromatic heterocycles. The quantitative estimate of drug-likeness (QED) is 0.792. The lowest BCUT2D eigenvalue weighted by Crippen LogP contribution is -2.49. The summed E-state index contributed by atoms with van der Waals surface area (Å²) < 4.78 is 0. The lowest BCUT2D eigenvalue weighted by molar-refractivity contribution is -0.133. The summed E-state index contributed by atoms with van der Waals surface area (Å²) in [7, 11) is 0. The second-order valence-corrected chi connectivity index (χ2v) is 6.28. The summed E-state index contributed by atoms with van der Waals surface area (Å²) in [5, 5.41) is 6.06. The highest BCUT2D eigenvalue weighted by atomic mass is 32.2. The van der Waals surface area contributed by atoms with Crippen LogP contribution >= 0.6 is 11.8 Å². The van der Waals surface area contributed by atoms with E-state index in [1.54, 1.807) is 0 Å². The molecule has 2 aliphatic rings. The van der Waals surface area contributed by atoms with Crippen molar-refractivity contribution in [1.82, 2.24) is 15.5 Å². The van der Waals surface area contributed by atoms with Gasteiger partial charge in [0.1, 0.15) is 6.04 Å². The summed E-state index contributed by atoms with van der Waals surface area (Å²) in [6.07, 6.45) is 3.33. The van der Waals surface area contributed by atoms with E-state index in [0.29, 0.717) is 11.7 Å². The van der Waals surface area contributed by atoms with Crippen molar-refractivity contribution >= 4 is 22.9 Å². The molecular weight excluding hydrogens is 262 g/mol. The summed E-state index contributed by atoms with van der Waals surface area (Å²) in [5.74, 6) is 1.21. The molecule has 2 fully saturated rings. The van der Waals surface area contributed by atoms with E-state index in [-0.39, 0.29) is 17.2 Å². The molecule has 19 heavy (non-hydrogen) atoms. The molecule has 0 aromatic rings. The van der Waals surface area contributed by atoms with E-state index in [1.165, 1.54) is 24.6 Å². The van der Waals surface area contributed by atoms with Gasteiger partial charge in [-0.1, -0.05) is 18.7 Å². The van der Waals surface area contributed by atoms with Crippen molar-refractivity contribution in [3.63, 3.8) is 0 Å². The predicted molar refractivity (Wildman–Crippen MR) is 77.2 cm³/mol. The topological polar surface area (TPSA) is 61.4 Å². The molecule has 2 saturated heterocycles. The van der Waals surface area contributed by atoms with Crippen molar-refractivity contribution in [3.8, 4) is 0 Å². The molecule has 0 radical (unpaired) electrons. The zero-order valence-corrected chi connectivity index (χ0v) is 12.3. The van der Waals surface area contributed by atoms with Gasteiger partial charge in [-0.2, -0.15) is 0 Å². The first-order chi connectivity index (χ1) is 9.20. The highest BCUT2D eigenvalue weighted by molar-refractivity contribution is 8.14. The maximum atomic E-state index is 12.4. The standard InChI is InChI=1S/C13H23N3O2S/c1-2-6-16(8-10-4-3-5-14-7-10)12(17)11-9-19-13(18)15-11/h10-11,14H,2-9H2,1H3,(H,15,18). The average Bonchev–Trinajstić information content (AvgIpc) is 2.85. The smallest absolute Gasteiger partial charge is 0.279 e. The van der Waals surface area contributed by atoms with Gasteiger partial charge in [-0.3, -0.25) is 9.59 Å². The molecule has 5 nitrogen and oxygen atoms in total. The van der Waals surface area contributed by atoms with Crippen LogP contribution in [0.15, 0.2) is 0 Å². The van der Waals surface area contributed by atoms with Crippen LogP contribution in [0.25, 0.3) is 0 Å². The van der Waals surface area contributed by atoms with Crippen molar-refractivity contribution < 1.29 is 9.59 Å². The lowest BCUT2D eigenvalue weighted by Gasteiger charge is -2.31. The fraction of sp³-hybridized carbons (Fsp3) is 0.846. The number of thioether (sulfide) groups is 1. The zero-order valence-electron chi connectivity index (χ0n) is 11.5. The molecule has 0 spiro atoms. The maximum absolute atomic E-state index is 12.4. The van der Waals surface area contributed by atoms with Crippen molar-refractivity contribution in [1.29, 1.82) is 0 Å². The highest BCUT2D eigenvalue weighted by Gasteiger charge is 2.32. The number of carbonyl (C=O) groups excluding carboxylic acids is 2. The van der Waals surface area contributed by atoms with Gasteiger partial charge in [0, 0.05) is 18.8 Å². The second-order valence-electron chi connectivity index (χ2n) is 5.29. The number of piperidine rings is 1. The molecule has 2 amide bonds. The third kappa shape index (κ3) is 4.11. The molecule has 2 atom stereocenters. The van der Waals surface area contributed by atoms with Gasteiger partial charge in [-0.15, -0.1) is 0 Å². The Morgan fingerprint density at radius 1 is 1.53 bits per heavy atom.